The molecule has 0 spiro atoms. The Labute approximate surface area is 135 Å². The number of carbonyl (C=O) groups is 1. The quantitative estimate of drug-likeness (QED) is 0.744. The van der Waals surface area contributed by atoms with E-state index in [1.165, 1.54) is 0 Å². The third-order valence-electron chi connectivity index (χ3n) is 3.92. The van der Waals surface area contributed by atoms with Gasteiger partial charge in [0.05, 0.1) is 17.9 Å². The van der Waals surface area contributed by atoms with Crippen LogP contribution in [0.2, 0.25) is 0 Å². The Morgan fingerprint density at radius 3 is 2.30 bits per heavy atom. The monoisotopic (exact) mass is 306 g/mol. The molecule has 1 aromatic heterocycles. The van der Waals surface area contributed by atoms with Crippen LogP contribution in [-0.2, 0) is 0 Å². The predicted molar refractivity (Wildman–Crippen MR) is 88.3 cm³/mol. The molecule has 0 radical (unpaired) electrons. The second-order valence-electron chi connectivity index (χ2n) is 5.39. The molecule has 0 fully saturated rings. The molecule has 0 aliphatic rings. The highest BCUT2D eigenvalue weighted by atomic mass is 16.2. The molecule has 3 rings (SSSR count). The van der Waals surface area contributed by atoms with Crippen LogP contribution in [0, 0.1) is 0 Å². The van der Waals surface area contributed by atoms with Crippen LogP contribution >= 0.6 is 0 Å². The zero-order valence-corrected chi connectivity index (χ0v) is 13.1. The summed E-state index contributed by atoms with van der Waals surface area (Å²) in [6.45, 7) is 1.99. The van der Waals surface area contributed by atoms with Crippen molar-refractivity contribution in [2.75, 3.05) is 7.05 Å². The summed E-state index contributed by atoms with van der Waals surface area (Å²) in [5.74, 6) is -0.150. The van der Waals surface area contributed by atoms with E-state index < -0.39 is 0 Å². The molecule has 1 heterocycles. The van der Waals surface area contributed by atoms with Gasteiger partial charge in [0, 0.05) is 7.05 Å². The van der Waals surface area contributed by atoms with Crippen LogP contribution in [0.5, 0.6) is 0 Å². The van der Waals surface area contributed by atoms with Crippen molar-refractivity contribution in [3.8, 4) is 5.69 Å². The zero-order chi connectivity index (χ0) is 16.2. The predicted octanol–water partition coefficient (Wildman–Crippen LogP) is 3.10. The van der Waals surface area contributed by atoms with Gasteiger partial charge in [-0.3, -0.25) is 4.79 Å². The van der Waals surface area contributed by atoms with Gasteiger partial charge in [0.1, 0.15) is 0 Å². The highest BCUT2D eigenvalue weighted by molar-refractivity contribution is 5.92. The van der Waals surface area contributed by atoms with Crippen LogP contribution in [0.15, 0.2) is 66.9 Å². The lowest BCUT2D eigenvalue weighted by atomic mass is 10.1. The summed E-state index contributed by atoms with van der Waals surface area (Å²) in [5, 5.41) is 8.05. The van der Waals surface area contributed by atoms with Crippen molar-refractivity contribution in [2.45, 2.75) is 13.0 Å². The SMILES string of the molecule is C[C@@H](c1ccccc1)N(C)C(=O)c1cn(-c2ccccc2)nn1. The Kier molecular flexibility index (Phi) is 4.19. The molecule has 1 amide bonds. The van der Waals surface area contributed by atoms with Crippen molar-refractivity contribution in [1.29, 1.82) is 0 Å². The number of carbonyl (C=O) groups excluding carboxylic acids is 1. The number of nitrogens with zero attached hydrogens (tertiary/aromatic N) is 4. The molecule has 0 saturated carbocycles. The Balaban J connectivity index is 1.79. The standard InChI is InChI=1S/C18H18N4O/c1-14(15-9-5-3-6-10-15)21(2)18(23)17-13-22(20-19-17)16-11-7-4-8-12-16/h3-14H,1-2H3/t14-/m0/s1. The maximum atomic E-state index is 12.6. The third-order valence-corrected chi connectivity index (χ3v) is 3.92. The van der Waals surface area contributed by atoms with Crippen LogP contribution in [0.1, 0.15) is 29.0 Å². The molecule has 0 aliphatic heterocycles. The van der Waals surface area contributed by atoms with Crippen molar-refractivity contribution in [3.05, 3.63) is 78.1 Å². The lowest BCUT2D eigenvalue weighted by Crippen LogP contribution is -2.29. The Bertz CT molecular complexity index is 783. The van der Waals surface area contributed by atoms with Gasteiger partial charge < -0.3 is 4.90 Å². The first kappa shape index (κ1) is 15.0. The molecule has 116 valence electrons. The molecule has 5 nitrogen and oxygen atoms in total. The van der Waals surface area contributed by atoms with Gasteiger partial charge >= 0.3 is 0 Å². The summed E-state index contributed by atoms with van der Waals surface area (Å²) in [6, 6.07) is 19.5. The van der Waals surface area contributed by atoms with Crippen molar-refractivity contribution < 1.29 is 4.79 Å². The maximum absolute atomic E-state index is 12.6. The van der Waals surface area contributed by atoms with E-state index in [4.69, 9.17) is 0 Å². The van der Waals surface area contributed by atoms with E-state index in [9.17, 15) is 4.79 Å². The van der Waals surface area contributed by atoms with Gasteiger partial charge in [0.15, 0.2) is 5.69 Å². The molecule has 3 aromatic rings. The summed E-state index contributed by atoms with van der Waals surface area (Å²) in [7, 11) is 1.78. The van der Waals surface area contributed by atoms with Crippen molar-refractivity contribution in [2.24, 2.45) is 0 Å². The van der Waals surface area contributed by atoms with Gasteiger partial charge in [0.2, 0.25) is 0 Å². The lowest BCUT2D eigenvalue weighted by molar-refractivity contribution is 0.0736. The topological polar surface area (TPSA) is 51.0 Å². The molecular weight excluding hydrogens is 288 g/mol. The largest absolute Gasteiger partial charge is 0.334 e. The number of rotatable bonds is 4. The molecule has 0 unspecified atom stereocenters. The van der Waals surface area contributed by atoms with Crippen molar-refractivity contribution >= 4 is 5.91 Å². The van der Waals surface area contributed by atoms with E-state index in [1.807, 2.05) is 67.6 Å². The average molecular weight is 306 g/mol. The molecule has 0 saturated heterocycles. The Morgan fingerprint density at radius 2 is 1.65 bits per heavy atom. The minimum absolute atomic E-state index is 0.0365. The molecule has 2 aromatic carbocycles. The van der Waals surface area contributed by atoms with Gasteiger partial charge in [-0.2, -0.15) is 0 Å². The highest BCUT2D eigenvalue weighted by Crippen LogP contribution is 2.20. The number of hydrogen-bond donors (Lipinski definition) is 0. The van der Waals surface area contributed by atoms with Crippen LogP contribution in [0.3, 0.4) is 0 Å². The molecule has 23 heavy (non-hydrogen) atoms. The minimum Gasteiger partial charge on any atom is -0.334 e. The minimum atomic E-state index is -0.150. The van der Waals surface area contributed by atoms with Gasteiger partial charge in [-0.15, -0.1) is 5.10 Å². The second kappa shape index (κ2) is 6.44. The molecule has 0 bridgehead atoms. The van der Waals surface area contributed by atoms with Gasteiger partial charge in [-0.05, 0) is 24.6 Å². The lowest BCUT2D eigenvalue weighted by Gasteiger charge is -2.24. The van der Waals surface area contributed by atoms with E-state index >= 15 is 0 Å². The fourth-order valence-electron chi connectivity index (χ4n) is 2.38. The van der Waals surface area contributed by atoms with Crippen molar-refractivity contribution in [1.82, 2.24) is 19.9 Å². The first-order valence-corrected chi connectivity index (χ1v) is 7.46. The Morgan fingerprint density at radius 1 is 1.04 bits per heavy atom. The molecule has 1 atom stereocenters. The average Bonchev–Trinajstić information content (AvgIpc) is 3.11. The fourth-order valence-corrected chi connectivity index (χ4v) is 2.38. The molecular formula is C18H18N4O. The summed E-state index contributed by atoms with van der Waals surface area (Å²) in [4.78, 5) is 14.3. The second-order valence-corrected chi connectivity index (χ2v) is 5.39. The van der Waals surface area contributed by atoms with Gasteiger partial charge in [0.25, 0.3) is 5.91 Å². The third kappa shape index (κ3) is 3.13. The molecule has 0 aliphatic carbocycles. The number of aromatic nitrogens is 3. The number of hydrogen-bond acceptors (Lipinski definition) is 3. The fraction of sp³-hybridized carbons (Fsp3) is 0.167. The first-order valence-electron chi connectivity index (χ1n) is 7.46. The van der Waals surface area contributed by atoms with Crippen LogP contribution < -0.4 is 0 Å². The number of para-hydroxylation sites is 1. The number of benzene rings is 2. The van der Waals surface area contributed by atoms with E-state index in [0.29, 0.717) is 5.69 Å². The smallest absolute Gasteiger partial charge is 0.276 e. The molecule has 0 N–H and O–H groups in total. The summed E-state index contributed by atoms with van der Waals surface area (Å²) >= 11 is 0. The van der Waals surface area contributed by atoms with Crippen LogP contribution in [-0.4, -0.2) is 32.8 Å². The summed E-state index contributed by atoms with van der Waals surface area (Å²) < 4.78 is 1.61. The van der Waals surface area contributed by atoms with E-state index in [0.717, 1.165) is 11.3 Å². The number of amides is 1. The maximum Gasteiger partial charge on any atom is 0.276 e. The summed E-state index contributed by atoms with van der Waals surface area (Å²) in [5.41, 5.74) is 2.29. The van der Waals surface area contributed by atoms with Crippen LogP contribution in [0.25, 0.3) is 5.69 Å². The Hall–Kier alpha value is -2.95. The van der Waals surface area contributed by atoms with E-state index in [1.54, 1.807) is 22.8 Å². The summed E-state index contributed by atoms with van der Waals surface area (Å²) in [6.07, 6.45) is 1.66. The van der Waals surface area contributed by atoms with E-state index in [2.05, 4.69) is 10.3 Å². The van der Waals surface area contributed by atoms with Crippen molar-refractivity contribution in [3.63, 3.8) is 0 Å². The normalized spacial score (nSPS) is 11.9. The zero-order valence-electron chi connectivity index (χ0n) is 13.1. The molecule has 5 heteroatoms. The van der Waals surface area contributed by atoms with Gasteiger partial charge in [-0.1, -0.05) is 53.7 Å². The van der Waals surface area contributed by atoms with Gasteiger partial charge in [-0.25, -0.2) is 4.68 Å². The highest BCUT2D eigenvalue weighted by Gasteiger charge is 2.21. The van der Waals surface area contributed by atoms with E-state index in [-0.39, 0.29) is 11.9 Å². The van der Waals surface area contributed by atoms with Crippen LogP contribution in [0.4, 0.5) is 0 Å². The first-order chi connectivity index (χ1) is 11.2.